The van der Waals surface area contributed by atoms with Gasteiger partial charge in [0.2, 0.25) is 0 Å². The van der Waals surface area contributed by atoms with Crippen molar-refractivity contribution < 1.29 is 9.53 Å². The Balaban J connectivity index is 1.63. The summed E-state index contributed by atoms with van der Waals surface area (Å²) in [6.07, 6.45) is 3.02. The van der Waals surface area contributed by atoms with E-state index in [0.717, 1.165) is 11.1 Å². The molecule has 166 valence electrons. The molecule has 33 heavy (non-hydrogen) atoms. The number of amides is 1. The van der Waals surface area contributed by atoms with E-state index >= 15 is 0 Å². The van der Waals surface area contributed by atoms with Gasteiger partial charge in [0.05, 0.1) is 28.8 Å². The Bertz CT molecular complexity index is 1340. The summed E-state index contributed by atoms with van der Waals surface area (Å²) in [4.78, 5) is 26.4. The zero-order valence-electron chi connectivity index (χ0n) is 18.2. The van der Waals surface area contributed by atoms with E-state index in [9.17, 15) is 10.1 Å². The molecule has 1 N–H and O–H groups in total. The lowest BCUT2D eigenvalue weighted by Gasteiger charge is -2.13. The van der Waals surface area contributed by atoms with Gasteiger partial charge in [-0.1, -0.05) is 23.7 Å². The molecule has 0 spiro atoms. The normalized spacial score (nSPS) is 15.9. The second kappa shape index (κ2) is 9.61. The van der Waals surface area contributed by atoms with Crippen molar-refractivity contribution in [3.63, 3.8) is 0 Å². The van der Waals surface area contributed by atoms with E-state index in [2.05, 4.69) is 26.3 Å². The van der Waals surface area contributed by atoms with Gasteiger partial charge in [-0.3, -0.25) is 14.8 Å². The number of fused-ring (bicyclic) bond motifs is 1. The Morgan fingerprint density at radius 1 is 1.33 bits per heavy atom. The number of amidine groups is 1. The van der Waals surface area contributed by atoms with Crippen LogP contribution in [-0.4, -0.2) is 27.1 Å². The van der Waals surface area contributed by atoms with Crippen LogP contribution in [0.25, 0.3) is 17.1 Å². The van der Waals surface area contributed by atoms with Gasteiger partial charge in [0.25, 0.3) is 5.91 Å². The number of carbonyl (C=O) groups excluding carboxylic acids is 1. The van der Waals surface area contributed by atoms with E-state index in [1.807, 2.05) is 39.0 Å². The first-order valence-corrected chi connectivity index (χ1v) is 11.4. The molecule has 1 fully saturated rings. The number of benzene rings is 1. The third-order valence-electron chi connectivity index (χ3n) is 4.83. The number of hydrogen-bond donors (Lipinski definition) is 1. The summed E-state index contributed by atoms with van der Waals surface area (Å²) in [6.45, 7) is 6.10. The molecule has 3 heterocycles. The number of pyridine rings is 2. The van der Waals surface area contributed by atoms with E-state index in [1.54, 1.807) is 18.2 Å². The van der Waals surface area contributed by atoms with Crippen LogP contribution < -0.4 is 10.1 Å². The molecule has 9 heteroatoms. The summed E-state index contributed by atoms with van der Waals surface area (Å²) in [7, 11) is 0. The average molecular weight is 478 g/mol. The molecule has 0 unspecified atom stereocenters. The topological polar surface area (TPSA) is 100 Å². The highest BCUT2D eigenvalue weighted by Gasteiger charge is 2.24. The zero-order valence-corrected chi connectivity index (χ0v) is 19.8. The number of aryl methyl sites for hydroxylation is 1. The summed E-state index contributed by atoms with van der Waals surface area (Å²) < 4.78 is 5.85. The largest absolute Gasteiger partial charge is 0.487 e. The lowest BCUT2D eigenvalue weighted by Crippen LogP contribution is -2.19. The number of ether oxygens (including phenoxy) is 1. The number of carbonyl (C=O) groups is 1. The number of aromatic nitrogens is 2. The van der Waals surface area contributed by atoms with Crippen LogP contribution in [0.4, 0.5) is 0 Å². The predicted molar refractivity (Wildman–Crippen MR) is 131 cm³/mol. The van der Waals surface area contributed by atoms with Crippen molar-refractivity contribution in [2.24, 2.45) is 4.99 Å². The van der Waals surface area contributed by atoms with Crippen LogP contribution in [0.5, 0.6) is 5.75 Å². The highest BCUT2D eigenvalue weighted by atomic mass is 35.5. The summed E-state index contributed by atoms with van der Waals surface area (Å²) in [5, 5.41) is 13.4. The Labute approximate surface area is 200 Å². The first-order valence-electron chi connectivity index (χ1n) is 10.2. The second-order valence-corrected chi connectivity index (χ2v) is 9.04. The number of aliphatic imine (C=N–C) groups is 1. The van der Waals surface area contributed by atoms with Crippen LogP contribution in [0.3, 0.4) is 0 Å². The molecule has 0 radical (unpaired) electrons. The van der Waals surface area contributed by atoms with E-state index < -0.39 is 0 Å². The number of hydrogen-bond acceptors (Lipinski definition) is 7. The van der Waals surface area contributed by atoms with Gasteiger partial charge in [-0.25, -0.2) is 4.98 Å². The molecule has 7 nitrogen and oxygen atoms in total. The van der Waals surface area contributed by atoms with E-state index in [0.29, 0.717) is 49.7 Å². The highest BCUT2D eigenvalue weighted by molar-refractivity contribution is 8.18. The fourth-order valence-corrected chi connectivity index (χ4v) is 4.31. The van der Waals surface area contributed by atoms with Gasteiger partial charge in [0.1, 0.15) is 17.1 Å². The fraction of sp³-hybridized carbons (Fsp3) is 0.208. The van der Waals surface area contributed by atoms with Crippen molar-refractivity contribution in [2.45, 2.75) is 33.4 Å². The maximum Gasteiger partial charge on any atom is 0.264 e. The average Bonchev–Trinajstić information content (AvgIpc) is 3.12. The second-order valence-electron chi connectivity index (χ2n) is 7.60. The van der Waals surface area contributed by atoms with Crippen LogP contribution >= 0.6 is 23.4 Å². The lowest BCUT2D eigenvalue weighted by molar-refractivity contribution is -0.115. The van der Waals surface area contributed by atoms with Crippen molar-refractivity contribution in [2.75, 3.05) is 0 Å². The lowest BCUT2D eigenvalue weighted by atomic mass is 10.1. The van der Waals surface area contributed by atoms with Crippen LogP contribution in [0.2, 0.25) is 5.02 Å². The Hall–Kier alpha value is -3.41. The fourth-order valence-electron chi connectivity index (χ4n) is 3.23. The van der Waals surface area contributed by atoms with Crippen molar-refractivity contribution in [1.82, 2.24) is 15.3 Å². The van der Waals surface area contributed by atoms with Crippen LogP contribution in [0, 0.1) is 18.3 Å². The molecule has 1 aromatic carbocycles. The van der Waals surface area contributed by atoms with Crippen LogP contribution in [-0.2, 0) is 11.3 Å². The first kappa shape index (κ1) is 22.8. The molecule has 3 aromatic rings. The Morgan fingerprint density at radius 3 is 2.88 bits per heavy atom. The third-order valence-corrected chi connectivity index (χ3v) is 6.13. The van der Waals surface area contributed by atoms with Crippen molar-refractivity contribution in [3.8, 4) is 11.8 Å². The van der Waals surface area contributed by atoms with Gasteiger partial charge >= 0.3 is 0 Å². The quantitative estimate of drug-likeness (QED) is 0.518. The molecule has 0 atom stereocenters. The standard InChI is InChI=1S/C24H20ClN5O2S/c1-13(2)32-22-15(10-26)11-27-19-8-7-16(29-21(19)22)9-20-23(31)30-24(33-20)28-12-17-14(3)5-4-6-18(17)25/h4-9,11,13H,12H2,1-3H3,(H,28,30,31). The first-order chi connectivity index (χ1) is 15.9. The van der Waals surface area contributed by atoms with Gasteiger partial charge in [0, 0.05) is 11.2 Å². The number of nitrogens with one attached hydrogen (secondary N) is 1. The molecule has 0 bridgehead atoms. The van der Waals surface area contributed by atoms with Gasteiger partial charge in [-0.15, -0.1) is 0 Å². The third kappa shape index (κ3) is 5.00. The van der Waals surface area contributed by atoms with Gasteiger partial charge in [-0.2, -0.15) is 5.26 Å². The number of nitrogens with zero attached hydrogens (tertiary/aromatic N) is 4. The maximum absolute atomic E-state index is 12.5. The predicted octanol–water partition coefficient (Wildman–Crippen LogP) is 5.01. The minimum atomic E-state index is -0.251. The van der Waals surface area contributed by atoms with Crippen LogP contribution in [0.15, 0.2) is 46.4 Å². The van der Waals surface area contributed by atoms with E-state index in [1.165, 1.54) is 18.0 Å². The molecule has 1 aliphatic rings. The summed E-state index contributed by atoms with van der Waals surface area (Å²) in [6, 6.07) is 11.3. The molecule has 1 amide bonds. The molecular weight excluding hydrogens is 458 g/mol. The van der Waals surface area contributed by atoms with Crippen molar-refractivity contribution in [3.05, 3.63) is 68.8 Å². The van der Waals surface area contributed by atoms with E-state index in [-0.39, 0.29) is 12.0 Å². The van der Waals surface area contributed by atoms with E-state index in [4.69, 9.17) is 16.3 Å². The minimum absolute atomic E-state index is 0.136. The Morgan fingerprint density at radius 2 is 2.15 bits per heavy atom. The molecule has 0 saturated carbocycles. The maximum atomic E-state index is 12.5. The summed E-state index contributed by atoms with van der Waals surface area (Å²) in [5.41, 5.74) is 3.91. The number of halogens is 1. The smallest absolute Gasteiger partial charge is 0.264 e. The number of rotatable bonds is 5. The highest BCUT2D eigenvalue weighted by Crippen LogP contribution is 2.30. The summed E-state index contributed by atoms with van der Waals surface area (Å²) >= 11 is 7.52. The monoisotopic (exact) mass is 477 g/mol. The SMILES string of the molecule is Cc1cccc(Cl)c1CN=C1NC(=O)C(=Cc2ccc3ncc(C#N)c(OC(C)C)c3n2)S1. The molecule has 1 aliphatic heterocycles. The molecular formula is C24H20ClN5O2S. The van der Waals surface area contributed by atoms with Gasteiger partial charge in [0.15, 0.2) is 10.9 Å². The minimum Gasteiger partial charge on any atom is -0.487 e. The van der Waals surface area contributed by atoms with Crippen molar-refractivity contribution >= 4 is 51.5 Å². The van der Waals surface area contributed by atoms with Gasteiger partial charge in [-0.05, 0) is 67.9 Å². The number of nitriles is 1. The molecule has 0 aliphatic carbocycles. The van der Waals surface area contributed by atoms with Crippen LogP contribution in [0.1, 0.15) is 36.2 Å². The zero-order chi connectivity index (χ0) is 23.5. The van der Waals surface area contributed by atoms with Crippen molar-refractivity contribution in [1.29, 1.82) is 5.26 Å². The molecule has 4 rings (SSSR count). The van der Waals surface area contributed by atoms with Gasteiger partial charge < -0.3 is 10.1 Å². The Kier molecular flexibility index (Phi) is 6.63. The number of thioether (sulfide) groups is 1. The molecule has 2 aromatic heterocycles. The summed E-state index contributed by atoms with van der Waals surface area (Å²) in [5.74, 6) is 0.137. The molecule has 1 saturated heterocycles.